The van der Waals surface area contributed by atoms with Crippen molar-refractivity contribution in [1.29, 1.82) is 0 Å². The number of hydrogen-bond donors (Lipinski definition) is 2. The number of nitrogens with one attached hydrogen (secondary N) is 2. The fourth-order valence-electron chi connectivity index (χ4n) is 8.22. The second kappa shape index (κ2) is 12.0. The van der Waals surface area contributed by atoms with Gasteiger partial charge in [-0.2, -0.15) is 13.2 Å². The minimum absolute atomic E-state index is 0.0201. The standard InChI is InChI=1S/C34H24BrClF3N3O5S2/c35-15-4-9-22(47-13-23(43)40-17-3-1-2-14(10-17)34(37,38)39)19(11-15)24-25-20-12-21(28(25)48-30-29(24)49-33(46)41-30)27-26(20)31(44)42(32(27)45)18-7-5-16(36)6-8-18/h1-11,20-21,24-28H,12-13H2,(H,40,43)(H,41,46)/t20?,21?,24-,25?,26?,27?,28?/m1/s1. The molecule has 2 aliphatic carbocycles. The molecule has 1 aromatic heterocycles. The topological polar surface area (TPSA) is 109 Å². The Balaban J connectivity index is 1.11. The van der Waals surface area contributed by atoms with Crippen molar-refractivity contribution in [3.05, 3.63) is 102 Å². The number of thioether (sulfide) groups is 1. The molecule has 2 N–H and O–H groups in total. The smallest absolute Gasteiger partial charge is 0.416 e. The molecule has 8 nitrogen and oxygen atoms in total. The molecule has 3 aromatic carbocycles. The van der Waals surface area contributed by atoms with Crippen LogP contribution in [0.5, 0.6) is 5.75 Å². The highest BCUT2D eigenvalue weighted by molar-refractivity contribution is 9.10. The molecule has 4 aliphatic rings. The monoisotopic (exact) mass is 789 g/mol. The molecule has 0 radical (unpaired) electrons. The summed E-state index contributed by atoms with van der Waals surface area (Å²) in [6, 6.07) is 16.3. The van der Waals surface area contributed by atoms with Crippen LogP contribution in [0.15, 0.2) is 81.0 Å². The van der Waals surface area contributed by atoms with Gasteiger partial charge < -0.3 is 15.0 Å². The summed E-state index contributed by atoms with van der Waals surface area (Å²) in [5.74, 6) is -2.55. The van der Waals surface area contributed by atoms with Crippen molar-refractivity contribution in [1.82, 2.24) is 4.98 Å². The zero-order valence-corrected chi connectivity index (χ0v) is 29.0. The number of nitrogens with zero attached hydrogens (tertiary/aromatic N) is 1. The number of carbonyl (C=O) groups excluding carboxylic acids is 3. The van der Waals surface area contributed by atoms with Crippen LogP contribution in [0.3, 0.4) is 0 Å². The highest BCUT2D eigenvalue weighted by Crippen LogP contribution is 2.69. The van der Waals surface area contributed by atoms with Crippen molar-refractivity contribution in [3.63, 3.8) is 0 Å². The van der Waals surface area contributed by atoms with E-state index < -0.39 is 42.0 Å². The number of amides is 3. The number of anilines is 2. The summed E-state index contributed by atoms with van der Waals surface area (Å²) in [6.45, 7) is -0.490. The Morgan fingerprint density at radius 1 is 1.02 bits per heavy atom. The van der Waals surface area contributed by atoms with E-state index in [0.29, 0.717) is 33.5 Å². The number of aromatic nitrogens is 1. The zero-order valence-electron chi connectivity index (χ0n) is 25.0. The summed E-state index contributed by atoms with van der Waals surface area (Å²) in [5, 5.41) is 3.60. The molecular weight excluding hydrogens is 767 g/mol. The van der Waals surface area contributed by atoms with Gasteiger partial charge >= 0.3 is 11.0 Å². The number of ether oxygens (including phenoxy) is 1. The molecule has 2 saturated carbocycles. The van der Waals surface area contributed by atoms with Crippen LogP contribution < -0.4 is 19.8 Å². The van der Waals surface area contributed by atoms with Gasteiger partial charge in [-0.1, -0.05) is 44.9 Å². The minimum Gasteiger partial charge on any atom is -0.483 e. The molecule has 6 unspecified atom stereocenters. The van der Waals surface area contributed by atoms with Gasteiger partial charge in [0.2, 0.25) is 11.8 Å². The first-order chi connectivity index (χ1) is 23.4. The molecule has 3 heterocycles. The van der Waals surface area contributed by atoms with E-state index in [4.69, 9.17) is 16.3 Å². The maximum absolute atomic E-state index is 14.0. The van der Waals surface area contributed by atoms with Gasteiger partial charge in [-0.05, 0) is 84.8 Å². The van der Waals surface area contributed by atoms with Crippen molar-refractivity contribution in [2.24, 2.45) is 29.6 Å². The third kappa shape index (κ3) is 5.51. The van der Waals surface area contributed by atoms with Crippen molar-refractivity contribution in [2.45, 2.75) is 28.8 Å². The second-order valence-electron chi connectivity index (χ2n) is 12.5. The predicted molar refractivity (Wildman–Crippen MR) is 182 cm³/mol. The lowest BCUT2D eigenvalue weighted by molar-refractivity contribution is -0.137. The van der Waals surface area contributed by atoms with Gasteiger partial charge in [-0.25, -0.2) is 0 Å². The van der Waals surface area contributed by atoms with E-state index in [1.165, 1.54) is 17.0 Å². The number of thiazole rings is 1. The molecule has 15 heteroatoms. The molecule has 3 amide bonds. The molecule has 2 aliphatic heterocycles. The summed E-state index contributed by atoms with van der Waals surface area (Å²) in [4.78, 5) is 58.4. The summed E-state index contributed by atoms with van der Waals surface area (Å²) < 4.78 is 46.4. The van der Waals surface area contributed by atoms with Crippen LogP contribution in [0.4, 0.5) is 24.5 Å². The van der Waals surface area contributed by atoms with Gasteiger partial charge in [0, 0.05) is 36.8 Å². The minimum atomic E-state index is -4.56. The quantitative estimate of drug-likeness (QED) is 0.195. The number of hydrogen-bond acceptors (Lipinski definition) is 7. The molecule has 0 spiro atoms. The Kier molecular flexibility index (Phi) is 8.00. The lowest BCUT2D eigenvalue weighted by Crippen LogP contribution is -2.42. The van der Waals surface area contributed by atoms with Crippen LogP contribution in [0.25, 0.3) is 0 Å². The van der Waals surface area contributed by atoms with Crippen LogP contribution in [-0.4, -0.2) is 34.6 Å². The lowest BCUT2D eigenvalue weighted by atomic mass is 9.68. The zero-order chi connectivity index (χ0) is 34.4. The second-order valence-corrected chi connectivity index (χ2v) is 16.1. The largest absolute Gasteiger partial charge is 0.483 e. The highest BCUT2D eigenvalue weighted by atomic mass is 79.9. The third-order valence-electron chi connectivity index (χ3n) is 9.95. The van der Waals surface area contributed by atoms with Gasteiger partial charge in [0.1, 0.15) is 5.75 Å². The molecule has 1 saturated heterocycles. The normalized spacial score (nSPS) is 26.8. The number of benzene rings is 3. The third-order valence-corrected chi connectivity index (χ3v) is 13.3. The Hall–Kier alpha value is -3.59. The predicted octanol–water partition coefficient (Wildman–Crippen LogP) is 7.57. The number of H-pyrrole nitrogens is 1. The maximum atomic E-state index is 14.0. The average Bonchev–Trinajstić information content (AvgIpc) is 3.79. The first-order valence-electron chi connectivity index (χ1n) is 15.3. The van der Waals surface area contributed by atoms with Crippen LogP contribution in [-0.2, 0) is 20.6 Å². The van der Waals surface area contributed by atoms with Crippen LogP contribution in [0, 0.1) is 29.6 Å². The van der Waals surface area contributed by atoms with Crippen molar-refractivity contribution < 1.29 is 32.3 Å². The first kappa shape index (κ1) is 32.6. The molecule has 252 valence electrons. The van der Waals surface area contributed by atoms with Crippen LogP contribution >= 0.6 is 50.6 Å². The van der Waals surface area contributed by atoms with Crippen LogP contribution in [0.2, 0.25) is 5.02 Å². The molecule has 3 fully saturated rings. The SMILES string of the molecule is O=C(COc1ccc(Br)cc1[C@H]1c2sc(=O)[nH]c2SC2C3CC(C4C(=O)N(c5ccc(Cl)cc5)C(=O)C34)C21)Nc1cccc(C(F)(F)F)c1. The fourth-order valence-corrected chi connectivity index (χ4v) is 11.6. The number of rotatable bonds is 6. The molecule has 8 rings (SSSR count). The summed E-state index contributed by atoms with van der Waals surface area (Å²) in [6.07, 6.45) is -3.88. The summed E-state index contributed by atoms with van der Waals surface area (Å²) >= 11 is 12.3. The Morgan fingerprint density at radius 3 is 2.49 bits per heavy atom. The average molecular weight is 791 g/mol. The van der Waals surface area contributed by atoms with E-state index in [-0.39, 0.29) is 45.4 Å². The van der Waals surface area contributed by atoms with Gasteiger partial charge in [-0.3, -0.25) is 24.1 Å². The van der Waals surface area contributed by atoms with Crippen molar-refractivity contribution in [3.8, 4) is 5.75 Å². The molecule has 49 heavy (non-hydrogen) atoms. The lowest BCUT2D eigenvalue weighted by Gasteiger charge is -2.43. The van der Waals surface area contributed by atoms with Crippen molar-refractivity contribution in [2.75, 3.05) is 16.8 Å². The fraction of sp³-hybridized carbons (Fsp3) is 0.294. The van der Waals surface area contributed by atoms with Gasteiger partial charge in [-0.15, -0.1) is 11.8 Å². The highest BCUT2D eigenvalue weighted by Gasteiger charge is 2.70. The Labute approximate surface area is 298 Å². The molecule has 2 bridgehead atoms. The molecule has 4 aromatic rings. The van der Waals surface area contributed by atoms with Gasteiger partial charge in [0.05, 0.1) is 28.1 Å². The summed E-state index contributed by atoms with van der Waals surface area (Å²) in [7, 11) is 0. The molecule has 7 atom stereocenters. The van der Waals surface area contributed by atoms with Gasteiger partial charge in [0.25, 0.3) is 5.91 Å². The number of alkyl halides is 3. The van der Waals surface area contributed by atoms with Gasteiger partial charge in [0.15, 0.2) is 6.61 Å². The van der Waals surface area contributed by atoms with Crippen molar-refractivity contribution >= 4 is 79.7 Å². The maximum Gasteiger partial charge on any atom is 0.416 e. The molecular formula is C34H24BrClF3N3O5S2. The Morgan fingerprint density at radius 2 is 1.76 bits per heavy atom. The number of fused-ring (bicyclic) bond motifs is 9. The van der Waals surface area contributed by atoms with E-state index >= 15 is 0 Å². The van der Waals surface area contributed by atoms with E-state index in [0.717, 1.165) is 32.8 Å². The summed E-state index contributed by atoms with van der Waals surface area (Å²) in [5.41, 5.74) is 0.269. The number of aromatic amines is 1. The van der Waals surface area contributed by atoms with E-state index in [2.05, 4.69) is 26.2 Å². The van der Waals surface area contributed by atoms with Crippen LogP contribution in [0.1, 0.15) is 28.3 Å². The number of carbonyl (C=O) groups is 3. The first-order valence-corrected chi connectivity index (χ1v) is 18.2. The number of imide groups is 1. The van der Waals surface area contributed by atoms with E-state index in [9.17, 15) is 32.3 Å². The van der Waals surface area contributed by atoms with E-state index in [1.54, 1.807) is 48.2 Å². The Bertz CT molecular complexity index is 2090. The number of halogens is 5. The van der Waals surface area contributed by atoms with E-state index in [1.807, 2.05) is 6.07 Å².